The van der Waals surface area contributed by atoms with Gasteiger partial charge in [-0.25, -0.2) is 0 Å². The van der Waals surface area contributed by atoms with Crippen LogP contribution in [0.5, 0.6) is 0 Å². The molecule has 0 spiro atoms. The van der Waals surface area contributed by atoms with Gasteiger partial charge in [0.1, 0.15) is 13.2 Å². The predicted molar refractivity (Wildman–Crippen MR) is 325 cm³/mol. The third-order valence-corrected chi connectivity index (χ3v) is 13.9. The van der Waals surface area contributed by atoms with Gasteiger partial charge < -0.3 is 14.2 Å². The van der Waals surface area contributed by atoms with Crippen molar-refractivity contribution < 1.29 is 28.6 Å². The maximum absolute atomic E-state index is 12.8. The van der Waals surface area contributed by atoms with Gasteiger partial charge in [0.25, 0.3) is 0 Å². The van der Waals surface area contributed by atoms with Crippen LogP contribution >= 0.6 is 0 Å². The Kier molecular flexibility index (Phi) is 60.3. The average Bonchev–Trinajstić information content (AvgIpc) is 3.41. The van der Waals surface area contributed by atoms with Gasteiger partial charge in [0.05, 0.1) is 0 Å². The molecule has 6 nitrogen and oxygen atoms in total. The summed E-state index contributed by atoms with van der Waals surface area (Å²) in [6.07, 6.45) is 83.2. The quantitative estimate of drug-likeness (QED) is 0.0261. The van der Waals surface area contributed by atoms with E-state index in [4.69, 9.17) is 14.2 Å². The van der Waals surface area contributed by atoms with E-state index in [2.05, 4.69) is 106 Å². The highest BCUT2D eigenvalue weighted by atomic mass is 16.6. The van der Waals surface area contributed by atoms with Crippen molar-refractivity contribution in [2.24, 2.45) is 0 Å². The standard InChI is InChI=1S/C69H120O6/c1-4-7-10-13-16-19-22-25-26-27-28-29-30-31-32-33-34-35-36-37-38-39-40-41-42-45-47-50-53-56-59-62-68(71)74-65-66(75-69(72)63-60-57-54-51-48-44-24-21-18-15-12-9-6-3)64-73-67(70)61-58-55-52-49-46-43-23-20-17-14-11-8-5-2/h9,12,18,20-23,25,27-28,30-31,44,48,66H,4-8,10-11,13-17,19,24,26,29,32-43,45-47,49-65H2,1-3H3/b12-9-,21-18-,23-20-,25-22-,28-27-,31-30-,48-44-. The minimum atomic E-state index is -0.794. The number of esters is 3. The van der Waals surface area contributed by atoms with Gasteiger partial charge in [0, 0.05) is 19.3 Å². The highest BCUT2D eigenvalue weighted by Crippen LogP contribution is 2.16. The lowest BCUT2D eigenvalue weighted by Gasteiger charge is -2.18. The fourth-order valence-electron chi connectivity index (χ4n) is 9.05. The van der Waals surface area contributed by atoms with Crippen LogP contribution in [0.1, 0.15) is 316 Å². The Hall–Kier alpha value is -3.41. The molecule has 0 heterocycles. The predicted octanol–water partition coefficient (Wildman–Crippen LogP) is 21.9. The molecular formula is C69H120O6. The summed E-state index contributed by atoms with van der Waals surface area (Å²) in [7, 11) is 0. The van der Waals surface area contributed by atoms with E-state index in [0.29, 0.717) is 19.3 Å². The second kappa shape index (κ2) is 63.1. The summed E-state index contributed by atoms with van der Waals surface area (Å²) >= 11 is 0. The number of allylic oxidation sites excluding steroid dienone is 14. The number of carbonyl (C=O) groups is 3. The van der Waals surface area contributed by atoms with E-state index < -0.39 is 6.10 Å². The number of unbranched alkanes of at least 4 members (excludes halogenated alkanes) is 33. The van der Waals surface area contributed by atoms with Gasteiger partial charge in [0.2, 0.25) is 0 Å². The lowest BCUT2D eigenvalue weighted by molar-refractivity contribution is -0.167. The Labute approximate surface area is 465 Å². The van der Waals surface area contributed by atoms with Gasteiger partial charge in [-0.15, -0.1) is 0 Å². The molecule has 0 aliphatic carbocycles. The molecule has 0 aromatic heterocycles. The first-order valence-electron chi connectivity index (χ1n) is 32.1. The van der Waals surface area contributed by atoms with Crippen molar-refractivity contribution in [1.82, 2.24) is 0 Å². The molecular weight excluding hydrogens is 925 g/mol. The monoisotopic (exact) mass is 1040 g/mol. The molecule has 432 valence electrons. The van der Waals surface area contributed by atoms with Crippen molar-refractivity contribution >= 4 is 17.9 Å². The summed E-state index contributed by atoms with van der Waals surface area (Å²) in [6, 6.07) is 0. The Morgan fingerprint density at radius 3 is 0.853 bits per heavy atom. The van der Waals surface area contributed by atoms with Crippen LogP contribution in [0.4, 0.5) is 0 Å². The third-order valence-electron chi connectivity index (χ3n) is 13.9. The van der Waals surface area contributed by atoms with Gasteiger partial charge in [0.15, 0.2) is 6.10 Å². The molecule has 6 heteroatoms. The highest BCUT2D eigenvalue weighted by molar-refractivity contribution is 5.71. The lowest BCUT2D eigenvalue weighted by Crippen LogP contribution is -2.30. The van der Waals surface area contributed by atoms with Gasteiger partial charge in [-0.2, -0.15) is 0 Å². The molecule has 0 aliphatic heterocycles. The summed E-state index contributed by atoms with van der Waals surface area (Å²) in [5.74, 6) is -0.919. The Morgan fingerprint density at radius 2 is 0.520 bits per heavy atom. The summed E-state index contributed by atoms with van der Waals surface area (Å²) < 4.78 is 16.9. The number of carbonyl (C=O) groups excluding carboxylic acids is 3. The van der Waals surface area contributed by atoms with Crippen molar-refractivity contribution in [3.8, 4) is 0 Å². The van der Waals surface area contributed by atoms with Crippen LogP contribution in [0.25, 0.3) is 0 Å². The zero-order chi connectivity index (χ0) is 54.3. The number of rotatable bonds is 58. The lowest BCUT2D eigenvalue weighted by atomic mass is 10.0. The van der Waals surface area contributed by atoms with Crippen LogP contribution in [0.3, 0.4) is 0 Å². The van der Waals surface area contributed by atoms with E-state index in [9.17, 15) is 14.4 Å². The van der Waals surface area contributed by atoms with E-state index in [1.807, 2.05) is 0 Å². The highest BCUT2D eigenvalue weighted by Gasteiger charge is 2.19. The zero-order valence-corrected chi connectivity index (χ0v) is 49.6. The fraction of sp³-hybridized carbons (Fsp3) is 0.754. The zero-order valence-electron chi connectivity index (χ0n) is 49.6. The number of hydrogen-bond donors (Lipinski definition) is 0. The fourth-order valence-corrected chi connectivity index (χ4v) is 9.05. The summed E-state index contributed by atoms with van der Waals surface area (Å²) in [5.41, 5.74) is 0. The summed E-state index contributed by atoms with van der Waals surface area (Å²) in [6.45, 7) is 6.49. The number of ether oxygens (including phenoxy) is 3. The smallest absolute Gasteiger partial charge is 0.306 e. The van der Waals surface area contributed by atoms with E-state index >= 15 is 0 Å². The van der Waals surface area contributed by atoms with Crippen LogP contribution in [0.2, 0.25) is 0 Å². The molecule has 0 rings (SSSR count). The van der Waals surface area contributed by atoms with Crippen molar-refractivity contribution in [3.63, 3.8) is 0 Å². The third kappa shape index (κ3) is 61.3. The summed E-state index contributed by atoms with van der Waals surface area (Å²) in [4.78, 5) is 38.2. The SMILES string of the molecule is CC/C=C\C/C=C\C/C=C\CCCCCC(=O)OC(COC(=O)CCCCCCC/C=C\CCCCCC)COC(=O)CCCCCCCCCCCCCCCCCC/C=C\C/C=C\C/C=C\CCCCCCC. The Bertz CT molecular complexity index is 1430. The van der Waals surface area contributed by atoms with E-state index in [1.165, 1.54) is 173 Å². The molecule has 0 aliphatic rings. The Balaban J connectivity index is 4.16. The average molecular weight is 1050 g/mol. The summed E-state index contributed by atoms with van der Waals surface area (Å²) in [5, 5.41) is 0. The molecule has 0 aromatic rings. The molecule has 0 N–H and O–H groups in total. The Morgan fingerprint density at radius 1 is 0.280 bits per heavy atom. The maximum Gasteiger partial charge on any atom is 0.306 e. The minimum absolute atomic E-state index is 0.0893. The van der Waals surface area contributed by atoms with Crippen molar-refractivity contribution in [2.75, 3.05) is 13.2 Å². The normalized spacial score (nSPS) is 12.6. The molecule has 0 saturated carbocycles. The van der Waals surface area contributed by atoms with Gasteiger partial charge in [-0.1, -0.05) is 266 Å². The first-order chi connectivity index (χ1) is 37.0. The van der Waals surface area contributed by atoms with Crippen LogP contribution in [0, 0.1) is 0 Å². The van der Waals surface area contributed by atoms with Crippen LogP contribution in [-0.2, 0) is 28.6 Å². The molecule has 0 fully saturated rings. The van der Waals surface area contributed by atoms with E-state index in [-0.39, 0.29) is 31.1 Å². The molecule has 0 aromatic carbocycles. The van der Waals surface area contributed by atoms with Crippen LogP contribution < -0.4 is 0 Å². The maximum atomic E-state index is 12.8. The van der Waals surface area contributed by atoms with E-state index in [0.717, 1.165) is 103 Å². The van der Waals surface area contributed by atoms with Crippen molar-refractivity contribution in [2.45, 2.75) is 322 Å². The molecule has 0 radical (unpaired) electrons. The molecule has 0 amide bonds. The minimum Gasteiger partial charge on any atom is -0.462 e. The molecule has 1 atom stereocenters. The molecule has 0 bridgehead atoms. The van der Waals surface area contributed by atoms with Gasteiger partial charge in [-0.3, -0.25) is 14.4 Å². The number of hydrogen-bond acceptors (Lipinski definition) is 6. The molecule has 1 unspecified atom stereocenters. The van der Waals surface area contributed by atoms with Gasteiger partial charge in [-0.05, 0) is 116 Å². The van der Waals surface area contributed by atoms with Gasteiger partial charge >= 0.3 is 17.9 Å². The second-order valence-electron chi connectivity index (χ2n) is 21.3. The van der Waals surface area contributed by atoms with E-state index in [1.54, 1.807) is 0 Å². The van der Waals surface area contributed by atoms with Crippen LogP contribution in [-0.4, -0.2) is 37.2 Å². The second-order valence-corrected chi connectivity index (χ2v) is 21.3. The van der Waals surface area contributed by atoms with Crippen LogP contribution in [0.15, 0.2) is 85.1 Å². The van der Waals surface area contributed by atoms with Crippen molar-refractivity contribution in [3.05, 3.63) is 85.1 Å². The first-order valence-corrected chi connectivity index (χ1v) is 32.1. The largest absolute Gasteiger partial charge is 0.462 e. The molecule has 0 saturated heterocycles. The molecule has 75 heavy (non-hydrogen) atoms. The topological polar surface area (TPSA) is 78.9 Å². The van der Waals surface area contributed by atoms with Crippen molar-refractivity contribution in [1.29, 1.82) is 0 Å². The first kappa shape index (κ1) is 71.6.